The van der Waals surface area contributed by atoms with Gasteiger partial charge in [0.15, 0.2) is 0 Å². The highest BCUT2D eigenvalue weighted by Crippen LogP contribution is 2.23. The van der Waals surface area contributed by atoms with Gasteiger partial charge < -0.3 is 16.2 Å². The molecule has 0 saturated carbocycles. The van der Waals surface area contributed by atoms with Crippen LogP contribution in [0.5, 0.6) is 0 Å². The minimum atomic E-state index is 0.0607. The third-order valence-electron chi connectivity index (χ3n) is 3.83. The summed E-state index contributed by atoms with van der Waals surface area (Å²) in [6.07, 6.45) is 0.414. The lowest BCUT2D eigenvalue weighted by Gasteiger charge is -2.10. The molecule has 0 heterocycles. The molecular weight excluding hydrogens is 357 g/mol. The first-order valence-electron chi connectivity index (χ1n) is 7.82. The van der Waals surface area contributed by atoms with Crippen molar-refractivity contribution in [1.82, 2.24) is 5.32 Å². The standard InChI is InChI=1S/C19H21Cl2N3O/c1-12(18(25)9-14-4-7-16(20)17(21)8-14)10-24-11-13-2-5-15(6-3-13)19(22)23/h2-8,24-25H,9-11H2,1H3,(H3,22,23). The van der Waals surface area contributed by atoms with Gasteiger partial charge in [-0.25, -0.2) is 0 Å². The summed E-state index contributed by atoms with van der Waals surface area (Å²) >= 11 is 11.9. The van der Waals surface area contributed by atoms with E-state index in [0.29, 0.717) is 40.9 Å². The van der Waals surface area contributed by atoms with Crippen LogP contribution >= 0.6 is 23.2 Å². The Kier molecular flexibility index (Phi) is 6.88. The van der Waals surface area contributed by atoms with Gasteiger partial charge in [0, 0.05) is 25.1 Å². The highest BCUT2D eigenvalue weighted by Gasteiger charge is 2.05. The molecule has 2 rings (SSSR count). The van der Waals surface area contributed by atoms with Gasteiger partial charge in [-0.05, 0) is 35.8 Å². The zero-order valence-corrected chi connectivity index (χ0v) is 15.5. The van der Waals surface area contributed by atoms with E-state index in [0.717, 1.165) is 16.7 Å². The number of benzene rings is 2. The third kappa shape index (κ3) is 5.78. The highest BCUT2D eigenvalue weighted by atomic mass is 35.5. The van der Waals surface area contributed by atoms with Crippen molar-refractivity contribution in [1.29, 1.82) is 5.41 Å². The maximum Gasteiger partial charge on any atom is 0.122 e. The zero-order chi connectivity index (χ0) is 18.4. The van der Waals surface area contributed by atoms with Crippen LogP contribution in [0.3, 0.4) is 0 Å². The fourth-order valence-corrected chi connectivity index (χ4v) is 2.61. The van der Waals surface area contributed by atoms with E-state index in [9.17, 15) is 5.11 Å². The van der Waals surface area contributed by atoms with E-state index < -0.39 is 0 Å². The first kappa shape index (κ1) is 19.3. The van der Waals surface area contributed by atoms with Gasteiger partial charge in [0.25, 0.3) is 0 Å². The van der Waals surface area contributed by atoms with Gasteiger partial charge in [-0.2, -0.15) is 0 Å². The molecule has 0 aliphatic rings. The summed E-state index contributed by atoms with van der Waals surface area (Å²) in [6, 6.07) is 12.8. The van der Waals surface area contributed by atoms with Gasteiger partial charge in [-0.3, -0.25) is 5.41 Å². The summed E-state index contributed by atoms with van der Waals surface area (Å²) in [4.78, 5) is 0. The van der Waals surface area contributed by atoms with Gasteiger partial charge in [-0.15, -0.1) is 0 Å². The van der Waals surface area contributed by atoms with Crippen LogP contribution in [0.4, 0.5) is 0 Å². The smallest absolute Gasteiger partial charge is 0.122 e. The van der Waals surface area contributed by atoms with Crippen molar-refractivity contribution in [2.75, 3.05) is 6.54 Å². The fourth-order valence-electron chi connectivity index (χ4n) is 2.29. The lowest BCUT2D eigenvalue weighted by molar-refractivity contribution is 0.388. The molecule has 0 unspecified atom stereocenters. The molecule has 0 aliphatic carbocycles. The summed E-state index contributed by atoms with van der Waals surface area (Å²) in [7, 11) is 0. The average molecular weight is 378 g/mol. The summed E-state index contributed by atoms with van der Waals surface area (Å²) in [5.41, 5.74) is 9.00. The van der Waals surface area contributed by atoms with Crippen LogP contribution in [0, 0.1) is 5.41 Å². The Morgan fingerprint density at radius 2 is 1.72 bits per heavy atom. The monoisotopic (exact) mass is 377 g/mol. The predicted molar refractivity (Wildman–Crippen MR) is 105 cm³/mol. The number of nitrogens with one attached hydrogen (secondary N) is 2. The minimum absolute atomic E-state index is 0.0607. The number of nitrogen functional groups attached to an aromatic ring is 1. The second-order valence-corrected chi connectivity index (χ2v) is 6.68. The van der Waals surface area contributed by atoms with Gasteiger partial charge in [0.2, 0.25) is 0 Å². The molecule has 5 N–H and O–H groups in total. The SMILES string of the molecule is CC(CNCc1ccc(C(=N)N)cc1)=C(O)Cc1ccc(Cl)c(Cl)c1. The van der Waals surface area contributed by atoms with Gasteiger partial charge in [-0.1, -0.05) is 53.5 Å². The van der Waals surface area contributed by atoms with Crippen LogP contribution in [-0.2, 0) is 13.0 Å². The number of allylic oxidation sites excluding steroid dienone is 1. The van der Waals surface area contributed by atoms with E-state index in [2.05, 4.69) is 5.32 Å². The number of aliphatic hydroxyl groups excluding tert-OH is 1. The van der Waals surface area contributed by atoms with E-state index in [1.165, 1.54) is 0 Å². The van der Waals surface area contributed by atoms with Gasteiger partial charge in [0.05, 0.1) is 15.8 Å². The van der Waals surface area contributed by atoms with E-state index in [1.807, 2.05) is 37.3 Å². The highest BCUT2D eigenvalue weighted by molar-refractivity contribution is 6.42. The second kappa shape index (κ2) is 8.90. The van der Waals surface area contributed by atoms with E-state index in [-0.39, 0.29) is 5.84 Å². The number of rotatable bonds is 7. The number of amidine groups is 1. The summed E-state index contributed by atoms with van der Waals surface area (Å²) < 4.78 is 0. The third-order valence-corrected chi connectivity index (χ3v) is 4.57. The Labute approximate surface area is 157 Å². The Morgan fingerprint density at radius 3 is 2.32 bits per heavy atom. The first-order chi connectivity index (χ1) is 11.9. The largest absolute Gasteiger partial charge is 0.512 e. The van der Waals surface area contributed by atoms with E-state index in [4.69, 9.17) is 34.3 Å². The van der Waals surface area contributed by atoms with Gasteiger partial charge >= 0.3 is 0 Å². The lowest BCUT2D eigenvalue weighted by Crippen LogP contribution is -2.17. The van der Waals surface area contributed by atoms with Crippen molar-refractivity contribution in [3.8, 4) is 0 Å². The molecule has 6 heteroatoms. The maximum absolute atomic E-state index is 10.3. The summed E-state index contributed by atoms with van der Waals surface area (Å²) in [6.45, 7) is 3.12. The first-order valence-corrected chi connectivity index (χ1v) is 8.58. The molecule has 0 saturated heterocycles. The fraction of sp³-hybridized carbons (Fsp3) is 0.211. The minimum Gasteiger partial charge on any atom is -0.512 e. The average Bonchev–Trinajstić information content (AvgIpc) is 2.58. The van der Waals surface area contributed by atoms with Crippen LogP contribution < -0.4 is 11.1 Å². The number of aliphatic hydroxyl groups is 1. The van der Waals surface area contributed by atoms with Crippen molar-refractivity contribution in [2.24, 2.45) is 5.73 Å². The Morgan fingerprint density at radius 1 is 1.08 bits per heavy atom. The molecule has 0 bridgehead atoms. The molecule has 2 aromatic rings. The van der Waals surface area contributed by atoms with Crippen LogP contribution in [0.25, 0.3) is 0 Å². The molecule has 0 spiro atoms. The number of nitrogens with two attached hydrogens (primary N) is 1. The predicted octanol–water partition coefficient (Wildman–Crippen LogP) is 4.44. The molecule has 0 fully saturated rings. The van der Waals surface area contributed by atoms with Crippen molar-refractivity contribution >= 4 is 29.0 Å². The summed E-state index contributed by atoms with van der Waals surface area (Å²) in [5.74, 6) is 0.378. The van der Waals surface area contributed by atoms with Crippen molar-refractivity contribution in [3.63, 3.8) is 0 Å². The van der Waals surface area contributed by atoms with Crippen LogP contribution in [0.2, 0.25) is 10.0 Å². The molecule has 25 heavy (non-hydrogen) atoms. The number of halogens is 2. The lowest BCUT2D eigenvalue weighted by atomic mass is 10.1. The molecular formula is C19H21Cl2N3O. The molecule has 132 valence electrons. The summed E-state index contributed by atoms with van der Waals surface area (Å²) in [5, 5.41) is 21.9. The topological polar surface area (TPSA) is 82.1 Å². The Balaban J connectivity index is 1.89. The zero-order valence-electron chi connectivity index (χ0n) is 13.9. The normalized spacial score (nSPS) is 12.0. The van der Waals surface area contributed by atoms with Crippen molar-refractivity contribution in [3.05, 3.63) is 80.5 Å². The maximum atomic E-state index is 10.3. The van der Waals surface area contributed by atoms with Crippen LogP contribution in [-0.4, -0.2) is 17.5 Å². The second-order valence-electron chi connectivity index (χ2n) is 5.87. The molecule has 0 aliphatic heterocycles. The Hall–Kier alpha value is -2.01. The number of hydrogen-bond acceptors (Lipinski definition) is 3. The number of hydrogen-bond donors (Lipinski definition) is 4. The van der Waals surface area contributed by atoms with Crippen LogP contribution in [0.15, 0.2) is 53.8 Å². The molecule has 0 aromatic heterocycles. The molecule has 0 atom stereocenters. The van der Waals surface area contributed by atoms with Crippen molar-refractivity contribution < 1.29 is 5.11 Å². The molecule has 0 radical (unpaired) electrons. The van der Waals surface area contributed by atoms with Crippen LogP contribution in [0.1, 0.15) is 23.6 Å². The van der Waals surface area contributed by atoms with Crippen molar-refractivity contribution in [2.45, 2.75) is 19.9 Å². The molecule has 2 aromatic carbocycles. The van der Waals surface area contributed by atoms with E-state index >= 15 is 0 Å². The quantitative estimate of drug-likeness (QED) is 0.327. The molecule has 4 nitrogen and oxygen atoms in total. The Bertz CT molecular complexity index is 786. The molecule has 0 amide bonds. The van der Waals surface area contributed by atoms with E-state index in [1.54, 1.807) is 12.1 Å². The van der Waals surface area contributed by atoms with Gasteiger partial charge in [0.1, 0.15) is 5.84 Å².